The van der Waals surface area contributed by atoms with Gasteiger partial charge in [0.1, 0.15) is 0 Å². The van der Waals surface area contributed by atoms with E-state index in [1.165, 1.54) is 0 Å². The van der Waals surface area contributed by atoms with Gasteiger partial charge in [0.2, 0.25) is 5.95 Å². The van der Waals surface area contributed by atoms with Crippen LogP contribution in [0.5, 0.6) is 0 Å². The Balaban J connectivity index is 2.40. The van der Waals surface area contributed by atoms with Crippen LogP contribution >= 0.6 is 0 Å². The third-order valence-electron chi connectivity index (χ3n) is 2.39. The van der Waals surface area contributed by atoms with Crippen LogP contribution in [-0.2, 0) is 9.47 Å². The van der Waals surface area contributed by atoms with Gasteiger partial charge in [-0.25, -0.2) is 4.98 Å². The van der Waals surface area contributed by atoms with Gasteiger partial charge >= 0.3 is 0 Å². The van der Waals surface area contributed by atoms with Crippen molar-refractivity contribution in [1.29, 1.82) is 0 Å². The van der Waals surface area contributed by atoms with Crippen molar-refractivity contribution < 1.29 is 9.47 Å². The molecule has 98 valence electrons. The standard InChI is InChI=1S/C12H23N3O2/c1-10(2)17-8-6-14-12-13-5-7-15(12)11(3)9-16-4/h5,7,10-11H,6,8-9H2,1-4H3,(H,13,14). The summed E-state index contributed by atoms with van der Waals surface area (Å²) in [4.78, 5) is 4.28. The lowest BCUT2D eigenvalue weighted by molar-refractivity contribution is 0.0869. The van der Waals surface area contributed by atoms with E-state index in [1.54, 1.807) is 13.3 Å². The molecule has 17 heavy (non-hydrogen) atoms. The Kier molecular flexibility index (Phi) is 6.00. The Morgan fingerprint density at radius 1 is 1.41 bits per heavy atom. The van der Waals surface area contributed by atoms with E-state index in [2.05, 4.69) is 21.8 Å². The zero-order valence-corrected chi connectivity index (χ0v) is 11.1. The minimum absolute atomic E-state index is 0.268. The molecule has 0 bridgehead atoms. The number of anilines is 1. The first kappa shape index (κ1) is 14.0. The van der Waals surface area contributed by atoms with E-state index in [0.29, 0.717) is 13.2 Å². The summed E-state index contributed by atoms with van der Waals surface area (Å²) < 4.78 is 12.7. The van der Waals surface area contributed by atoms with E-state index in [9.17, 15) is 0 Å². The zero-order chi connectivity index (χ0) is 12.7. The Labute approximate surface area is 103 Å². The van der Waals surface area contributed by atoms with Gasteiger partial charge in [-0.15, -0.1) is 0 Å². The number of hydrogen-bond acceptors (Lipinski definition) is 4. The van der Waals surface area contributed by atoms with Crippen LogP contribution in [0.25, 0.3) is 0 Å². The van der Waals surface area contributed by atoms with Crippen LogP contribution < -0.4 is 5.32 Å². The van der Waals surface area contributed by atoms with E-state index in [4.69, 9.17) is 9.47 Å². The highest BCUT2D eigenvalue weighted by atomic mass is 16.5. The molecular formula is C12H23N3O2. The molecule has 5 nitrogen and oxygen atoms in total. The number of aromatic nitrogens is 2. The van der Waals surface area contributed by atoms with E-state index in [0.717, 1.165) is 12.5 Å². The Morgan fingerprint density at radius 3 is 2.82 bits per heavy atom. The Bertz CT molecular complexity index is 312. The molecule has 5 heteroatoms. The van der Waals surface area contributed by atoms with E-state index < -0.39 is 0 Å². The van der Waals surface area contributed by atoms with Crippen molar-refractivity contribution in [3.63, 3.8) is 0 Å². The maximum atomic E-state index is 5.46. The number of methoxy groups -OCH3 is 1. The highest BCUT2D eigenvalue weighted by molar-refractivity contribution is 5.26. The van der Waals surface area contributed by atoms with E-state index in [1.807, 2.05) is 20.0 Å². The number of nitrogens with zero attached hydrogens (tertiary/aromatic N) is 2. The van der Waals surface area contributed by atoms with Crippen molar-refractivity contribution in [2.24, 2.45) is 0 Å². The number of ether oxygens (including phenoxy) is 2. The predicted octanol–water partition coefficient (Wildman–Crippen LogP) is 1.93. The van der Waals surface area contributed by atoms with Crippen molar-refractivity contribution in [3.05, 3.63) is 12.4 Å². The Hall–Kier alpha value is -1.07. The van der Waals surface area contributed by atoms with Crippen LogP contribution in [0.2, 0.25) is 0 Å². The molecule has 1 atom stereocenters. The lowest BCUT2D eigenvalue weighted by Gasteiger charge is -2.16. The van der Waals surface area contributed by atoms with E-state index >= 15 is 0 Å². The summed E-state index contributed by atoms with van der Waals surface area (Å²) in [6.45, 7) is 8.27. The van der Waals surface area contributed by atoms with Crippen molar-refractivity contribution in [3.8, 4) is 0 Å². The topological polar surface area (TPSA) is 48.3 Å². The second kappa shape index (κ2) is 7.29. The third kappa shape index (κ3) is 4.75. The molecule has 0 fully saturated rings. The van der Waals surface area contributed by atoms with Crippen LogP contribution in [0.1, 0.15) is 26.8 Å². The molecule has 1 heterocycles. The average molecular weight is 241 g/mol. The fourth-order valence-corrected chi connectivity index (χ4v) is 1.58. The molecule has 1 N–H and O–H groups in total. The second-order valence-corrected chi connectivity index (χ2v) is 4.31. The number of imidazole rings is 1. The summed E-state index contributed by atoms with van der Waals surface area (Å²) in [5, 5.41) is 3.26. The molecule has 0 radical (unpaired) electrons. The highest BCUT2D eigenvalue weighted by Gasteiger charge is 2.08. The smallest absolute Gasteiger partial charge is 0.203 e. The first-order valence-corrected chi connectivity index (χ1v) is 6.02. The van der Waals surface area contributed by atoms with Crippen LogP contribution in [0.15, 0.2) is 12.4 Å². The maximum Gasteiger partial charge on any atom is 0.203 e. The second-order valence-electron chi connectivity index (χ2n) is 4.31. The summed E-state index contributed by atoms with van der Waals surface area (Å²) >= 11 is 0. The fraction of sp³-hybridized carbons (Fsp3) is 0.750. The third-order valence-corrected chi connectivity index (χ3v) is 2.39. The van der Waals surface area contributed by atoms with Gasteiger partial charge in [-0.3, -0.25) is 0 Å². The van der Waals surface area contributed by atoms with Crippen LogP contribution in [0, 0.1) is 0 Å². The number of hydrogen-bond donors (Lipinski definition) is 1. The zero-order valence-electron chi connectivity index (χ0n) is 11.1. The average Bonchev–Trinajstić information content (AvgIpc) is 2.72. The van der Waals surface area contributed by atoms with Crippen molar-refractivity contribution >= 4 is 5.95 Å². The first-order chi connectivity index (χ1) is 8.15. The summed E-state index contributed by atoms with van der Waals surface area (Å²) in [5.41, 5.74) is 0. The van der Waals surface area contributed by atoms with E-state index in [-0.39, 0.29) is 12.1 Å². The Morgan fingerprint density at radius 2 is 2.18 bits per heavy atom. The van der Waals surface area contributed by atoms with Gasteiger partial charge in [0.25, 0.3) is 0 Å². The SMILES string of the molecule is COCC(C)n1ccnc1NCCOC(C)C. The molecule has 0 aliphatic heterocycles. The molecular weight excluding hydrogens is 218 g/mol. The minimum atomic E-state index is 0.268. The van der Waals surface area contributed by atoms with Crippen molar-refractivity contribution in [2.75, 3.05) is 32.2 Å². The lowest BCUT2D eigenvalue weighted by atomic mass is 10.3. The molecule has 0 spiro atoms. The predicted molar refractivity (Wildman–Crippen MR) is 68.4 cm³/mol. The number of nitrogens with one attached hydrogen (secondary N) is 1. The van der Waals surface area contributed by atoms with Gasteiger partial charge in [0.05, 0.1) is 25.4 Å². The summed E-state index contributed by atoms with van der Waals surface area (Å²) in [7, 11) is 1.71. The van der Waals surface area contributed by atoms with Gasteiger partial charge in [-0.05, 0) is 20.8 Å². The van der Waals surface area contributed by atoms with Gasteiger partial charge in [0.15, 0.2) is 0 Å². The maximum absolute atomic E-state index is 5.46. The molecule has 0 saturated heterocycles. The summed E-state index contributed by atoms with van der Waals surface area (Å²) in [6, 6.07) is 0.274. The van der Waals surface area contributed by atoms with Crippen LogP contribution in [0.4, 0.5) is 5.95 Å². The fourth-order valence-electron chi connectivity index (χ4n) is 1.58. The lowest BCUT2D eigenvalue weighted by Crippen LogP contribution is -2.18. The van der Waals surface area contributed by atoms with Crippen molar-refractivity contribution in [2.45, 2.75) is 32.9 Å². The largest absolute Gasteiger partial charge is 0.383 e. The van der Waals surface area contributed by atoms with Crippen LogP contribution in [0.3, 0.4) is 0 Å². The van der Waals surface area contributed by atoms with Gasteiger partial charge in [0, 0.05) is 26.0 Å². The monoisotopic (exact) mass is 241 g/mol. The normalized spacial score (nSPS) is 13.0. The van der Waals surface area contributed by atoms with Gasteiger partial charge in [-0.2, -0.15) is 0 Å². The molecule has 1 aromatic heterocycles. The molecule has 1 aromatic rings. The molecule has 0 amide bonds. The van der Waals surface area contributed by atoms with Gasteiger partial charge in [-0.1, -0.05) is 0 Å². The van der Waals surface area contributed by atoms with Gasteiger partial charge < -0.3 is 19.4 Å². The van der Waals surface area contributed by atoms with Crippen LogP contribution in [-0.4, -0.2) is 42.5 Å². The molecule has 0 aromatic carbocycles. The molecule has 1 rings (SSSR count). The number of rotatable bonds is 8. The minimum Gasteiger partial charge on any atom is -0.383 e. The first-order valence-electron chi connectivity index (χ1n) is 6.02. The molecule has 0 saturated carbocycles. The summed E-state index contributed by atoms with van der Waals surface area (Å²) in [5.74, 6) is 0.863. The quantitative estimate of drug-likeness (QED) is 0.706. The molecule has 1 unspecified atom stereocenters. The summed E-state index contributed by atoms with van der Waals surface area (Å²) in [6.07, 6.45) is 4.01. The molecule has 0 aliphatic rings. The van der Waals surface area contributed by atoms with Crippen molar-refractivity contribution in [1.82, 2.24) is 9.55 Å². The molecule has 0 aliphatic carbocycles. The highest BCUT2D eigenvalue weighted by Crippen LogP contribution is 2.13.